The summed E-state index contributed by atoms with van der Waals surface area (Å²) in [5.41, 5.74) is 0. The summed E-state index contributed by atoms with van der Waals surface area (Å²) in [6.45, 7) is 2.43. The number of piperidine rings is 1. The zero-order valence-electron chi connectivity index (χ0n) is 13.9. The van der Waals surface area contributed by atoms with Crippen molar-refractivity contribution in [2.45, 2.75) is 38.0 Å². The summed E-state index contributed by atoms with van der Waals surface area (Å²) in [6.07, 6.45) is 5.73. The Bertz CT molecular complexity index is 641. The minimum atomic E-state index is -3.33. The molecule has 1 aromatic rings. The molecule has 2 aliphatic heterocycles. The molecule has 0 saturated carbocycles. The molecule has 3 heterocycles. The number of hydrogen-bond donors (Lipinski definition) is 0. The highest BCUT2D eigenvalue weighted by Crippen LogP contribution is 2.28. The van der Waals surface area contributed by atoms with Crippen molar-refractivity contribution in [1.29, 1.82) is 0 Å². The SMILES string of the molecule is O=S(=O)(CCCF)N1CCC(c2nccc(N3CCCC3)n2)CC1. The van der Waals surface area contributed by atoms with Crippen LogP contribution in [0.1, 0.15) is 43.8 Å². The minimum Gasteiger partial charge on any atom is -0.357 e. The van der Waals surface area contributed by atoms with Crippen LogP contribution >= 0.6 is 0 Å². The van der Waals surface area contributed by atoms with Crippen molar-refractivity contribution in [3.63, 3.8) is 0 Å². The van der Waals surface area contributed by atoms with Crippen LogP contribution in [-0.2, 0) is 10.0 Å². The van der Waals surface area contributed by atoms with Crippen molar-refractivity contribution in [2.24, 2.45) is 0 Å². The van der Waals surface area contributed by atoms with E-state index in [4.69, 9.17) is 4.98 Å². The number of halogens is 1. The monoisotopic (exact) mass is 356 g/mol. The van der Waals surface area contributed by atoms with E-state index in [-0.39, 0.29) is 18.1 Å². The van der Waals surface area contributed by atoms with Gasteiger partial charge in [-0.2, -0.15) is 0 Å². The number of anilines is 1. The third-order valence-electron chi connectivity index (χ3n) is 4.84. The van der Waals surface area contributed by atoms with Crippen molar-refractivity contribution in [2.75, 3.05) is 43.5 Å². The second-order valence-electron chi connectivity index (χ2n) is 6.50. The molecular weight excluding hydrogens is 331 g/mol. The fourth-order valence-corrected chi connectivity index (χ4v) is 4.94. The van der Waals surface area contributed by atoms with E-state index >= 15 is 0 Å². The van der Waals surface area contributed by atoms with Gasteiger partial charge in [-0.15, -0.1) is 0 Å². The quantitative estimate of drug-likeness (QED) is 0.779. The maximum Gasteiger partial charge on any atom is 0.214 e. The number of hydrogen-bond acceptors (Lipinski definition) is 5. The van der Waals surface area contributed by atoms with Gasteiger partial charge in [-0.25, -0.2) is 22.7 Å². The lowest BCUT2D eigenvalue weighted by molar-refractivity contribution is 0.312. The predicted molar refractivity (Wildman–Crippen MR) is 91.4 cm³/mol. The average molecular weight is 356 g/mol. The molecule has 0 spiro atoms. The first-order valence-corrected chi connectivity index (χ1v) is 10.3. The van der Waals surface area contributed by atoms with Gasteiger partial charge in [0.25, 0.3) is 0 Å². The molecule has 24 heavy (non-hydrogen) atoms. The molecular formula is C16H25FN4O2S. The molecule has 0 unspecified atom stereocenters. The summed E-state index contributed by atoms with van der Waals surface area (Å²) in [6, 6.07) is 1.95. The van der Waals surface area contributed by atoms with Crippen LogP contribution in [0.15, 0.2) is 12.3 Å². The Morgan fingerprint density at radius 1 is 1.17 bits per heavy atom. The van der Waals surface area contributed by atoms with E-state index < -0.39 is 16.7 Å². The van der Waals surface area contributed by atoms with Gasteiger partial charge >= 0.3 is 0 Å². The molecule has 8 heteroatoms. The molecule has 134 valence electrons. The third-order valence-corrected chi connectivity index (χ3v) is 6.79. The number of aromatic nitrogens is 2. The fraction of sp³-hybridized carbons (Fsp3) is 0.750. The van der Waals surface area contributed by atoms with Gasteiger partial charge in [0, 0.05) is 38.3 Å². The maximum atomic E-state index is 12.2. The van der Waals surface area contributed by atoms with E-state index in [0.29, 0.717) is 13.1 Å². The molecule has 2 saturated heterocycles. The fourth-order valence-electron chi connectivity index (χ4n) is 3.44. The van der Waals surface area contributed by atoms with Crippen molar-refractivity contribution in [3.05, 3.63) is 18.1 Å². The summed E-state index contributed by atoms with van der Waals surface area (Å²) in [5, 5.41) is 0. The van der Waals surface area contributed by atoms with Gasteiger partial charge < -0.3 is 4.90 Å². The first kappa shape index (κ1) is 17.5. The van der Waals surface area contributed by atoms with Crippen LogP contribution in [0.4, 0.5) is 10.2 Å². The van der Waals surface area contributed by atoms with Crippen LogP contribution in [0.2, 0.25) is 0 Å². The Morgan fingerprint density at radius 2 is 1.88 bits per heavy atom. The minimum absolute atomic E-state index is 0.0727. The van der Waals surface area contributed by atoms with Gasteiger partial charge in [0.15, 0.2) is 0 Å². The molecule has 2 fully saturated rings. The van der Waals surface area contributed by atoms with Gasteiger partial charge in [0.1, 0.15) is 11.6 Å². The molecule has 0 aliphatic carbocycles. The Labute approximate surface area is 143 Å². The highest BCUT2D eigenvalue weighted by Gasteiger charge is 2.29. The highest BCUT2D eigenvalue weighted by atomic mass is 32.2. The van der Waals surface area contributed by atoms with Crippen LogP contribution in [0.25, 0.3) is 0 Å². The average Bonchev–Trinajstić information content (AvgIpc) is 3.15. The molecule has 1 aromatic heterocycles. The molecule has 0 bridgehead atoms. The van der Waals surface area contributed by atoms with Crippen molar-refractivity contribution in [3.8, 4) is 0 Å². The lowest BCUT2D eigenvalue weighted by Crippen LogP contribution is -2.39. The number of alkyl halides is 1. The van der Waals surface area contributed by atoms with E-state index in [1.165, 1.54) is 17.1 Å². The largest absolute Gasteiger partial charge is 0.357 e. The van der Waals surface area contributed by atoms with Gasteiger partial charge in [-0.05, 0) is 38.2 Å². The van der Waals surface area contributed by atoms with Crippen LogP contribution in [0, 0.1) is 0 Å². The van der Waals surface area contributed by atoms with Gasteiger partial charge in [-0.1, -0.05) is 0 Å². The predicted octanol–water partition coefficient (Wildman–Crippen LogP) is 1.95. The summed E-state index contributed by atoms with van der Waals surface area (Å²) in [4.78, 5) is 11.4. The molecule has 0 N–H and O–H groups in total. The van der Waals surface area contributed by atoms with Crippen LogP contribution in [0.3, 0.4) is 0 Å². The summed E-state index contributed by atoms with van der Waals surface area (Å²) in [5.74, 6) is 1.89. The second kappa shape index (κ2) is 7.74. The number of rotatable bonds is 6. The van der Waals surface area contributed by atoms with Crippen LogP contribution < -0.4 is 4.90 Å². The van der Waals surface area contributed by atoms with E-state index in [0.717, 1.165) is 37.6 Å². The molecule has 6 nitrogen and oxygen atoms in total. The lowest BCUT2D eigenvalue weighted by Gasteiger charge is -2.30. The van der Waals surface area contributed by atoms with Crippen molar-refractivity contribution >= 4 is 15.8 Å². The third kappa shape index (κ3) is 4.03. The molecule has 0 aromatic carbocycles. The Morgan fingerprint density at radius 3 is 2.54 bits per heavy atom. The van der Waals surface area contributed by atoms with Gasteiger partial charge in [0.05, 0.1) is 12.4 Å². The highest BCUT2D eigenvalue weighted by molar-refractivity contribution is 7.89. The Hall–Kier alpha value is -1.28. The smallest absolute Gasteiger partial charge is 0.214 e. The normalized spacial score (nSPS) is 20.6. The van der Waals surface area contributed by atoms with E-state index in [9.17, 15) is 12.8 Å². The molecule has 0 radical (unpaired) electrons. The van der Waals surface area contributed by atoms with Gasteiger partial charge in [-0.3, -0.25) is 4.39 Å². The van der Waals surface area contributed by atoms with Crippen LogP contribution in [0.5, 0.6) is 0 Å². The Kier molecular flexibility index (Phi) is 5.65. The number of nitrogens with zero attached hydrogens (tertiary/aromatic N) is 4. The van der Waals surface area contributed by atoms with Gasteiger partial charge in [0.2, 0.25) is 10.0 Å². The standard InChI is InChI=1S/C16H25FN4O2S/c17-7-3-13-24(22,23)21-11-5-14(6-12-21)16-18-8-4-15(19-16)20-9-1-2-10-20/h4,8,14H,1-3,5-7,9-13H2. The summed E-state index contributed by atoms with van der Waals surface area (Å²) in [7, 11) is -3.33. The van der Waals surface area contributed by atoms with E-state index in [1.807, 2.05) is 6.07 Å². The Balaban J connectivity index is 1.61. The van der Waals surface area contributed by atoms with Crippen molar-refractivity contribution < 1.29 is 12.8 Å². The van der Waals surface area contributed by atoms with E-state index in [1.54, 1.807) is 6.20 Å². The van der Waals surface area contributed by atoms with E-state index in [2.05, 4.69) is 9.88 Å². The summed E-state index contributed by atoms with van der Waals surface area (Å²) < 4.78 is 38.0. The molecule has 2 aliphatic rings. The molecule has 0 atom stereocenters. The van der Waals surface area contributed by atoms with Crippen molar-refractivity contribution in [1.82, 2.24) is 14.3 Å². The topological polar surface area (TPSA) is 66.4 Å². The zero-order valence-corrected chi connectivity index (χ0v) is 14.7. The second-order valence-corrected chi connectivity index (χ2v) is 8.59. The number of sulfonamides is 1. The first-order valence-electron chi connectivity index (χ1n) is 8.72. The summed E-state index contributed by atoms with van der Waals surface area (Å²) >= 11 is 0. The van der Waals surface area contributed by atoms with Crippen LogP contribution in [-0.4, -0.2) is 61.3 Å². The lowest BCUT2D eigenvalue weighted by atomic mass is 9.97. The zero-order chi connectivity index (χ0) is 17.0. The molecule has 3 rings (SSSR count). The maximum absolute atomic E-state index is 12.2. The first-order chi connectivity index (χ1) is 11.6. The molecule has 0 amide bonds.